The summed E-state index contributed by atoms with van der Waals surface area (Å²) in [6.07, 6.45) is -9.34. The smallest absolute Gasteiger partial charge is 0.423 e. The van der Waals surface area contributed by atoms with Crippen molar-refractivity contribution in [2.75, 3.05) is 5.73 Å². The van der Waals surface area contributed by atoms with E-state index in [1.807, 2.05) is 0 Å². The number of halogens is 9. The van der Waals surface area contributed by atoms with Gasteiger partial charge in [0.1, 0.15) is 17.5 Å². The Hall–Kier alpha value is -2.90. The van der Waals surface area contributed by atoms with Crippen molar-refractivity contribution in [1.82, 2.24) is 4.98 Å². The highest BCUT2D eigenvalue weighted by Gasteiger charge is 2.33. The van der Waals surface area contributed by atoms with Crippen molar-refractivity contribution in [1.29, 1.82) is 0 Å². The van der Waals surface area contributed by atoms with Crippen LogP contribution >= 0.6 is 11.6 Å². The number of hydrogen-bond donors (Lipinski definition) is 3. The first-order valence-electron chi connectivity index (χ1n) is 8.61. The van der Waals surface area contributed by atoms with E-state index in [9.17, 15) is 35.1 Å². The predicted molar refractivity (Wildman–Crippen MR) is 105 cm³/mol. The summed E-state index contributed by atoms with van der Waals surface area (Å²) in [5.74, 6) is -2.13. The number of alkyl halides is 6. The number of anilines is 1. The number of rotatable bonds is 2. The Morgan fingerprint density at radius 3 is 1.76 bits per heavy atom. The van der Waals surface area contributed by atoms with E-state index in [2.05, 4.69) is 4.98 Å². The number of nitrogen functional groups attached to an aromatic ring is 1. The second-order valence-electron chi connectivity index (χ2n) is 6.47. The van der Waals surface area contributed by atoms with Gasteiger partial charge in [-0.3, -0.25) is 0 Å². The molecule has 176 valence electrons. The molecule has 4 nitrogen and oxygen atoms in total. The van der Waals surface area contributed by atoms with Crippen molar-refractivity contribution in [2.24, 2.45) is 0 Å². The molecule has 0 radical (unpaired) electrons. The van der Waals surface area contributed by atoms with Crippen LogP contribution in [0, 0.1) is 11.6 Å². The maximum Gasteiger partial charge on any atom is 0.488 e. The molecule has 0 spiro atoms. The van der Waals surface area contributed by atoms with Crippen LogP contribution in [0.2, 0.25) is 5.02 Å². The average molecular weight is 499 g/mol. The third kappa shape index (κ3) is 7.58. The number of pyridine rings is 1. The Balaban J connectivity index is 0.000000245. The van der Waals surface area contributed by atoms with Crippen molar-refractivity contribution >= 4 is 30.0 Å². The topological polar surface area (TPSA) is 79.4 Å². The van der Waals surface area contributed by atoms with Crippen LogP contribution in [-0.4, -0.2) is 22.2 Å². The molecule has 33 heavy (non-hydrogen) atoms. The van der Waals surface area contributed by atoms with Crippen LogP contribution in [0.5, 0.6) is 0 Å². The first-order chi connectivity index (χ1) is 15.1. The van der Waals surface area contributed by atoms with Crippen molar-refractivity contribution in [3.8, 4) is 11.3 Å². The predicted octanol–water partition coefficient (Wildman–Crippen LogP) is 4.67. The molecule has 0 aliphatic rings. The Morgan fingerprint density at radius 2 is 1.27 bits per heavy atom. The fourth-order valence-corrected chi connectivity index (χ4v) is 2.71. The van der Waals surface area contributed by atoms with Gasteiger partial charge in [-0.15, -0.1) is 0 Å². The van der Waals surface area contributed by atoms with Crippen LogP contribution in [0.4, 0.5) is 40.9 Å². The summed E-state index contributed by atoms with van der Waals surface area (Å²) >= 11 is 5.73. The lowest BCUT2D eigenvalue weighted by molar-refractivity contribution is -0.138. The van der Waals surface area contributed by atoms with Gasteiger partial charge in [-0.1, -0.05) is 17.7 Å². The summed E-state index contributed by atoms with van der Waals surface area (Å²) in [6.45, 7) is 0. The Bertz CT molecular complexity index is 1120. The second kappa shape index (κ2) is 9.93. The molecule has 3 rings (SSSR count). The van der Waals surface area contributed by atoms with Crippen LogP contribution in [0.15, 0.2) is 48.5 Å². The van der Waals surface area contributed by atoms with Crippen LogP contribution in [0.3, 0.4) is 0 Å². The van der Waals surface area contributed by atoms with E-state index in [1.165, 1.54) is 12.1 Å². The molecule has 0 bridgehead atoms. The molecule has 1 heterocycles. The van der Waals surface area contributed by atoms with Gasteiger partial charge >= 0.3 is 19.5 Å². The van der Waals surface area contributed by atoms with Gasteiger partial charge in [0.15, 0.2) is 0 Å². The molecular weight excluding hydrogens is 486 g/mol. The van der Waals surface area contributed by atoms with E-state index in [0.29, 0.717) is 18.2 Å². The summed E-state index contributed by atoms with van der Waals surface area (Å²) in [4.78, 5) is 3.83. The molecule has 0 saturated carbocycles. The molecule has 0 aliphatic heterocycles. The average Bonchev–Trinajstić information content (AvgIpc) is 2.65. The lowest BCUT2D eigenvalue weighted by atomic mass is 9.79. The normalized spacial score (nSPS) is 11.6. The largest absolute Gasteiger partial charge is 0.488 e. The third-order valence-electron chi connectivity index (χ3n) is 3.88. The molecule has 0 aliphatic carbocycles. The molecule has 14 heteroatoms. The molecule has 1 aromatic heterocycles. The SMILES string of the molecule is Nc1cc(Cl)cc(-c2cc(F)cc(C(F)(F)F)c2)n1.OB(O)c1cc(F)cc(C(F)(F)F)c1. The molecule has 3 aromatic rings. The maximum absolute atomic E-state index is 13.3. The maximum atomic E-state index is 13.3. The zero-order valence-corrected chi connectivity index (χ0v) is 16.8. The molecule has 0 fully saturated rings. The van der Waals surface area contributed by atoms with Gasteiger partial charge in [-0.05, 0) is 47.9 Å². The molecular formula is C19H12BClF8N2O2. The zero-order valence-electron chi connectivity index (χ0n) is 16.0. The zero-order chi connectivity index (χ0) is 25.1. The van der Waals surface area contributed by atoms with Crippen molar-refractivity contribution < 1.29 is 45.2 Å². The van der Waals surface area contributed by atoms with E-state index in [4.69, 9.17) is 27.4 Å². The van der Waals surface area contributed by atoms with Gasteiger partial charge in [0, 0.05) is 10.6 Å². The number of nitrogens with zero attached hydrogens (tertiary/aromatic N) is 1. The standard InChI is InChI=1S/C12H7ClF4N2.C7H5BF4O2/c13-8-4-10(19-11(18)5-8)6-1-7(12(15,16)17)3-9(14)2-6;9-6-2-4(7(10,11)12)1-5(3-6)8(13)14/h1-5H,(H2,18,19);1-3,13-14H. The monoisotopic (exact) mass is 498 g/mol. The van der Waals surface area contributed by atoms with Gasteiger partial charge in [-0.25, -0.2) is 13.8 Å². The molecule has 0 unspecified atom stereocenters. The highest BCUT2D eigenvalue weighted by Crippen LogP contribution is 2.33. The first-order valence-corrected chi connectivity index (χ1v) is 8.99. The van der Waals surface area contributed by atoms with E-state index in [1.54, 1.807) is 0 Å². The van der Waals surface area contributed by atoms with Gasteiger partial charge in [0.25, 0.3) is 0 Å². The quantitative estimate of drug-likeness (QED) is 0.355. The number of hydrogen-bond acceptors (Lipinski definition) is 4. The summed E-state index contributed by atoms with van der Waals surface area (Å²) in [6, 6.07) is 6.19. The molecule has 0 saturated heterocycles. The summed E-state index contributed by atoms with van der Waals surface area (Å²) < 4.78 is 99.8. The van der Waals surface area contributed by atoms with E-state index < -0.39 is 47.7 Å². The number of nitrogens with two attached hydrogens (primary N) is 1. The van der Waals surface area contributed by atoms with E-state index in [0.717, 1.165) is 12.1 Å². The fourth-order valence-electron chi connectivity index (χ4n) is 2.49. The lowest BCUT2D eigenvalue weighted by Gasteiger charge is -2.09. The minimum Gasteiger partial charge on any atom is -0.423 e. The van der Waals surface area contributed by atoms with Gasteiger partial charge < -0.3 is 15.8 Å². The minimum absolute atomic E-state index is 0.0403. The molecule has 0 atom stereocenters. The summed E-state index contributed by atoms with van der Waals surface area (Å²) in [5.41, 5.74) is 2.61. The number of aromatic nitrogens is 1. The molecule has 2 aromatic carbocycles. The Morgan fingerprint density at radius 1 is 0.758 bits per heavy atom. The highest BCUT2D eigenvalue weighted by atomic mass is 35.5. The van der Waals surface area contributed by atoms with Crippen LogP contribution in [0.1, 0.15) is 11.1 Å². The van der Waals surface area contributed by atoms with Gasteiger partial charge in [0.05, 0.1) is 16.8 Å². The van der Waals surface area contributed by atoms with Crippen molar-refractivity contribution in [3.63, 3.8) is 0 Å². The number of benzene rings is 2. The lowest BCUT2D eigenvalue weighted by Crippen LogP contribution is -2.31. The van der Waals surface area contributed by atoms with Crippen molar-refractivity contribution in [2.45, 2.75) is 12.4 Å². The summed E-state index contributed by atoms with van der Waals surface area (Å²) in [7, 11) is -2.12. The van der Waals surface area contributed by atoms with E-state index in [-0.39, 0.29) is 28.2 Å². The highest BCUT2D eigenvalue weighted by molar-refractivity contribution is 6.58. The molecule has 4 N–H and O–H groups in total. The third-order valence-corrected chi connectivity index (χ3v) is 4.09. The fraction of sp³-hybridized carbons (Fsp3) is 0.105. The Labute approximate surface area is 186 Å². The van der Waals surface area contributed by atoms with Crippen LogP contribution in [0.25, 0.3) is 11.3 Å². The Kier molecular flexibility index (Phi) is 7.94. The van der Waals surface area contributed by atoms with Crippen LogP contribution in [-0.2, 0) is 12.4 Å². The molecule has 0 amide bonds. The minimum atomic E-state index is -4.70. The van der Waals surface area contributed by atoms with Gasteiger partial charge in [0.2, 0.25) is 0 Å². The van der Waals surface area contributed by atoms with E-state index >= 15 is 0 Å². The second-order valence-corrected chi connectivity index (χ2v) is 6.90. The van der Waals surface area contributed by atoms with Crippen LogP contribution < -0.4 is 11.2 Å². The van der Waals surface area contributed by atoms with Crippen molar-refractivity contribution in [3.05, 3.63) is 76.3 Å². The summed E-state index contributed by atoms with van der Waals surface area (Å²) in [5, 5.41) is 17.3. The van der Waals surface area contributed by atoms with Gasteiger partial charge in [-0.2, -0.15) is 26.3 Å². The first kappa shape index (κ1) is 26.4.